The number of benzene rings is 2. The van der Waals surface area contributed by atoms with Crippen LogP contribution < -0.4 is 14.8 Å². The Kier molecular flexibility index (Phi) is 6.22. The van der Waals surface area contributed by atoms with E-state index in [0.717, 1.165) is 0 Å². The van der Waals surface area contributed by atoms with Crippen molar-refractivity contribution in [3.63, 3.8) is 0 Å². The van der Waals surface area contributed by atoms with Gasteiger partial charge in [-0.3, -0.25) is 14.9 Å². The summed E-state index contributed by atoms with van der Waals surface area (Å²) in [5.41, 5.74) is 0.604. The number of hydrogen-bond donors (Lipinski definition) is 1. The highest BCUT2D eigenvalue weighted by Crippen LogP contribution is 2.28. The van der Waals surface area contributed by atoms with Crippen LogP contribution in [0.5, 0.6) is 11.5 Å². The molecule has 27 heavy (non-hydrogen) atoms. The Hall–Kier alpha value is -3.30. The summed E-state index contributed by atoms with van der Waals surface area (Å²) in [5, 5.41) is 13.0. The van der Waals surface area contributed by atoms with Gasteiger partial charge in [0.15, 0.2) is 13.2 Å². The lowest BCUT2D eigenvalue weighted by molar-refractivity contribution is -0.384. The van der Waals surface area contributed by atoms with Gasteiger partial charge in [0.05, 0.1) is 10.6 Å². The highest BCUT2D eigenvalue weighted by molar-refractivity contribution is 5.93. The minimum atomic E-state index is -4.51. The van der Waals surface area contributed by atoms with Gasteiger partial charge in [0, 0.05) is 12.1 Å². The number of nitro benzene ring substituents is 1. The molecule has 2 rings (SSSR count). The number of halogens is 3. The minimum Gasteiger partial charge on any atom is -0.484 e. The molecule has 0 aliphatic carbocycles. The number of hydrogen-bond acceptors (Lipinski definition) is 5. The number of amides is 1. The standard InChI is InChI=1S/C17H15F3N2O5/c1-11-2-7-14(15(8-11)27-10-17(18,19)20)21-16(23)9-26-13-5-3-12(4-6-13)22(24)25/h2-8H,9-10H2,1H3,(H,21,23). The third-order valence-electron chi connectivity index (χ3n) is 3.22. The lowest BCUT2D eigenvalue weighted by Gasteiger charge is -2.15. The van der Waals surface area contributed by atoms with Crippen LogP contribution in [0, 0.1) is 17.0 Å². The highest BCUT2D eigenvalue weighted by Gasteiger charge is 2.29. The van der Waals surface area contributed by atoms with Gasteiger partial charge in [0.25, 0.3) is 11.6 Å². The Morgan fingerprint density at radius 2 is 1.81 bits per heavy atom. The van der Waals surface area contributed by atoms with E-state index in [1.54, 1.807) is 13.0 Å². The number of ether oxygens (including phenoxy) is 2. The van der Waals surface area contributed by atoms with Gasteiger partial charge in [-0.15, -0.1) is 0 Å². The first-order valence-corrected chi connectivity index (χ1v) is 7.61. The Morgan fingerprint density at radius 1 is 1.15 bits per heavy atom. The zero-order chi connectivity index (χ0) is 20.0. The molecule has 1 N–H and O–H groups in total. The molecule has 0 fully saturated rings. The lowest BCUT2D eigenvalue weighted by atomic mass is 10.2. The van der Waals surface area contributed by atoms with Gasteiger partial charge in [0.2, 0.25) is 0 Å². The quantitative estimate of drug-likeness (QED) is 0.578. The summed E-state index contributed by atoms with van der Waals surface area (Å²) in [4.78, 5) is 22.0. The zero-order valence-electron chi connectivity index (χ0n) is 14.1. The number of nitro groups is 1. The molecule has 1 amide bonds. The molecular formula is C17H15F3N2O5. The van der Waals surface area contributed by atoms with E-state index in [9.17, 15) is 28.1 Å². The molecule has 0 atom stereocenters. The fraction of sp³-hybridized carbons (Fsp3) is 0.235. The second-order valence-electron chi connectivity index (χ2n) is 5.49. The van der Waals surface area contributed by atoms with E-state index in [4.69, 9.17) is 9.47 Å². The lowest BCUT2D eigenvalue weighted by Crippen LogP contribution is -2.22. The Morgan fingerprint density at radius 3 is 2.41 bits per heavy atom. The van der Waals surface area contributed by atoms with E-state index in [1.165, 1.54) is 36.4 Å². The van der Waals surface area contributed by atoms with Crippen LogP contribution in [0.15, 0.2) is 42.5 Å². The van der Waals surface area contributed by atoms with Crippen molar-refractivity contribution in [2.75, 3.05) is 18.5 Å². The van der Waals surface area contributed by atoms with Gasteiger partial charge < -0.3 is 14.8 Å². The maximum atomic E-state index is 12.3. The maximum Gasteiger partial charge on any atom is 0.422 e. The van der Waals surface area contributed by atoms with Gasteiger partial charge in [0.1, 0.15) is 11.5 Å². The van der Waals surface area contributed by atoms with Crippen LogP contribution in [-0.2, 0) is 4.79 Å². The van der Waals surface area contributed by atoms with Crippen molar-refractivity contribution in [2.45, 2.75) is 13.1 Å². The van der Waals surface area contributed by atoms with Crippen molar-refractivity contribution in [3.8, 4) is 11.5 Å². The summed E-state index contributed by atoms with van der Waals surface area (Å²) < 4.78 is 47.0. The predicted molar refractivity (Wildman–Crippen MR) is 90.0 cm³/mol. The fourth-order valence-corrected chi connectivity index (χ4v) is 2.01. The number of aryl methyl sites for hydroxylation is 1. The van der Waals surface area contributed by atoms with Crippen LogP contribution in [0.4, 0.5) is 24.5 Å². The van der Waals surface area contributed by atoms with E-state index >= 15 is 0 Å². The number of nitrogens with zero attached hydrogens (tertiary/aromatic N) is 1. The van der Waals surface area contributed by atoms with E-state index in [2.05, 4.69) is 5.32 Å². The molecule has 2 aromatic rings. The molecule has 0 heterocycles. The Labute approximate surface area is 151 Å². The summed E-state index contributed by atoms with van der Waals surface area (Å²) in [6.07, 6.45) is -4.51. The molecular weight excluding hydrogens is 369 g/mol. The average Bonchev–Trinajstić information content (AvgIpc) is 2.60. The normalized spacial score (nSPS) is 11.0. The van der Waals surface area contributed by atoms with Crippen molar-refractivity contribution in [3.05, 3.63) is 58.1 Å². The highest BCUT2D eigenvalue weighted by atomic mass is 19.4. The van der Waals surface area contributed by atoms with Crippen LogP contribution in [0.2, 0.25) is 0 Å². The molecule has 0 aliphatic heterocycles. The number of nitrogens with one attached hydrogen (secondary N) is 1. The van der Waals surface area contributed by atoms with Crippen molar-refractivity contribution < 1.29 is 32.4 Å². The van der Waals surface area contributed by atoms with Crippen molar-refractivity contribution >= 4 is 17.3 Å². The molecule has 0 radical (unpaired) electrons. The fourth-order valence-electron chi connectivity index (χ4n) is 2.01. The van der Waals surface area contributed by atoms with Crippen LogP contribution in [0.1, 0.15) is 5.56 Å². The van der Waals surface area contributed by atoms with Crippen molar-refractivity contribution in [1.82, 2.24) is 0 Å². The van der Waals surface area contributed by atoms with E-state index in [1.807, 2.05) is 0 Å². The third kappa shape index (κ3) is 6.49. The van der Waals surface area contributed by atoms with Crippen LogP contribution >= 0.6 is 0 Å². The number of non-ortho nitro benzene ring substituents is 1. The molecule has 0 aliphatic rings. The Balaban J connectivity index is 1.97. The molecule has 0 spiro atoms. The van der Waals surface area contributed by atoms with Crippen molar-refractivity contribution in [2.24, 2.45) is 0 Å². The first-order chi connectivity index (χ1) is 12.6. The van der Waals surface area contributed by atoms with Crippen LogP contribution in [0.25, 0.3) is 0 Å². The van der Waals surface area contributed by atoms with Gasteiger partial charge in [-0.05, 0) is 36.8 Å². The summed E-state index contributed by atoms with van der Waals surface area (Å²) >= 11 is 0. The molecule has 7 nitrogen and oxygen atoms in total. The van der Waals surface area contributed by atoms with E-state index < -0.39 is 30.2 Å². The van der Waals surface area contributed by atoms with Gasteiger partial charge in [-0.1, -0.05) is 6.07 Å². The minimum absolute atomic E-state index is 0.0714. The molecule has 0 aromatic heterocycles. The monoisotopic (exact) mass is 384 g/mol. The molecule has 0 bridgehead atoms. The molecule has 0 saturated carbocycles. The molecule has 144 valence electrons. The topological polar surface area (TPSA) is 90.7 Å². The molecule has 0 saturated heterocycles. The van der Waals surface area contributed by atoms with Crippen molar-refractivity contribution in [1.29, 1.82) is 0 Å². The largest absolute Gasteiger partial charge is 0.484 e. The first-order valence-electron chi connectivity index (χ1n) is 7.61. The molecule has 2 aromatic carbocycles. The summed E-state index contributed by atoms with van der Waals surface area (Å²) in [6.45, 7) is -0.257. The zero-order valence-corrected chi connectivity index (χ0v) is 14.1. The number of anilines is 1. The first kappa shape index (κ1) is 20.0. The second-order valence-corrected chi connectivity index (χ2v) is 5.49. The van der Waals surface area contributed by atoms with Gasteiger partial charge in [-0.25, -0.2) is 0 Å². The SMILES string of the molecule is Cc1ccc(NC(=O)COc2ccc([N+](=O)[O-])cc2)c(OCC(F)(F)F)c1. The van der Waals surface area contributed by atoms with Crippen LogP contribution in [0.3, 0.4) is 0 Å². The van der Waals surface area contributed by atoms with Gasteiger partial charge >= 0.3 is 6.18 Å². The second kappa shape index (κ2) is 8.39. The third-order valence-corrected chi connectivity index (χ3v) is 3.22. The number of carbonyl (C=O) groups is 1. The Bertz CT molecular complexity index is 822. The van der Waals surface area contributed by atoms with E-state index in [-0.39, 0.29) is 22.9 Å². The number of rotatable bonds is 7. The molecule has 0 unspecified atom stereocenters. The van der Waals surface area contributed by atoms with E-state index in [0.29, 0.717) is 5.56 Å². The average molecular weight is 384 g/mol. The summed E-state index contributed by atoms with van der Waals surface area (Å²) in [5.74, 6) is -0.515. The summed E-state index contributed by atoms with van der Waals surface area (Å²) in [7, 11) is 0. The predicted octanol–water partition coefficient (Wildman–Crippen LogP) is 3.86. The number of alkyl halides is 3. The number of carbonyl (C=O) groups excluding carboxylic acids is 1. The smallest absolute Gasteiger partial charge is 0.422 e. The van der Waals surface area contributed by atoms with Crippen LogP contribution in [-0.4, -0.2) is 30.2 Å². The molecule has 10 heteroatoms. The summed E-state index contributed by atoms with van der Waals surface area (Å²) in [6, 6.07) is 9.49. The maximum absolute atomic E-state index is 12.3. The van der Waals surface area contributed by atoms with Gasteiger partial charge in [-0.2, -0.15) is 13.2 Å².